The van der Waals surface area contributed by atoms with E-state index in [-0.39, 0.29) is 11.5 Å². The Morgan fingerprint density at radius 2 is 1.54 bits per heavy atom. The number of rotatable bonds is 7. The minimum absolute atomic E-state index is 0.125. The summed E-state index contributed by atoms with van der Waals surface area (Å²) in [6.45, 7) is 7.28. The van der Waals surface area contributed by atoms with Crippen molar-refractivity contribution < 1.29 is 17.0 Å². The minimum atomic E-state index is -3.38. The zero-order valence-corrected chi connectivity index (χ0v) is 18.8. The van der Waals surface area contributed by atoms with Crippen molar-refractivity contribution >= 4 is 29.5 Å². The monoisotopic (exact) mass is 417 g/mol. The average molecular weight is 418 g/mol. The fourth-order valence-electron chi connectivity index (χ4n) is 3.38. The lowest BCUT2D eigenvalue weighted by molar-refractivity contribution is 0.0444. The van der Waals surface area contributed by atoms with Gasteiger partial charge < -0.3 is 4.43 Å². The van der Waals surface area contributed by atoms with Crippen LogP contribution >= 0.6 is 0 Å². The molecular weight excluding hydrogens is 388 g/mol. The van der Waals surface area contributed by atoms with E-state index in [1.807, 2.05) is 18.2 Å². The topological polar surface area (TPSA) is 52.6 Å². The molecule has 0 aromatic heterocycles. The van der Waals surface area contributed by atoms with Crippen LogP contribution in [0.15, 0.2) is 54.6 Å². The summed E-state index contributed by atoms with van der Waals surface area (Å²) in [6, 6.07) is 19.2. The van der Waals surface area contributed by atoms with E-state index >= 15 is 0 Å². The molecule has 0 amide bonds. The summed E-state index contributed by atoms with van der Waals surface area (Å²) in [5.41, 5.74) is 1.44. The Bertz CT molecular complexity index is 867. The van der Waals surface area contributed by atoms with Crippen LogP contribution in [0.5, 0.6) is 0 Å². The van der Waals surface area contributed by atoms with Crippen LogP contribution in [0.2, 0.25) is 0 Å². The maximum atomic E-state index is 11.2. The molecule has 151 valence electrons. The normalized spacial score (nSPS) is 20.2. The van der Waals surface area contributed by atoms with Gasteiger partial charge >= 0.3 is 0 Å². The van der Waals surface area contributed by atoms with Gasteiger partial charge in [-0.3, -0.25) is 4.18 Å². The van der Waals surface area contributed by atoms with Crippen molar-refractivity contribution in [2.24, 2.45) is 5.92 Å². The van der Waals surface area contributed by atoms with Crippen LogP contribution in [0.1, 0.15) is 39.2 Å². The molecule has 0 bridgehead atoms. The molecule has 28 heavy (non-hydrogen) atoms. The molecule has 2 aromatic carbocycles. The second-order valence-electron chi connectivity index (χ2n) is 8.59. The largest absolute Gasteiger partial charge is 0.407 e. The lowest BCUT2D eigenvalue weighted by atomic mass is 9.83. The number of hydrogen-bond acceptors (Lipinski definition) is 4. The molecule has 0 aliphatic heterocycles. The van der Waals surface area contributed by atoms with Crippen molar-refractivity contribution in [3.8, 4) is 0 Å². The van der Waals surface area contributed by atoms with Crippen LogP contribution in [0.4, 0.5) is 0 Å². The molecule has 3 rings (SSSR count). The minimum Gasteiger partial charge on any atom is -0.407 e. The van der Waals surface area contributed by atoms with Gasteiger partial charge in [0, 0.05) is 6.61 Å². The molecule has 0 atom stereocenters. The summed E-state index contributed by atoms with van der Waals surface area (Å²) >= 11 is 0. The first kappa shape index (κ1) is 21.2. The quantitative estimate of drug-likeness (QED) is 0.513. The summed E-state index contributed by atoms with van der Waals surface area (Å²) in [7, 11) is -4.72. The second-order valence-corrected chi connectivity index (χ2v) is 12.3. The van der Waals surface area contributed by atoms with Crippen LogP contribution in [0.25, 0.3) is 0 Å². The second kappa shape index (κ2) is 8.49. The highest BCUT2D eigenvalue weighted by Crippen LogP contribution is 2.31. The van der Waals surface area contributed by atoms with E-state index in [9.17, 15) is 8.42 Å². The van der Waals surface area contributed by atoms with Gasteiger partial charge in [0.2, 0.25) is 0 Å². The first-order valence-corrected chi connectivity index (χ1v) is 12.9. The highest BCUT2D eigenvalue weighted by Gasteiger charge is 2.34. The third kappa shape index (κ3) is 5.77. The molecule has 0 saturated heterocycles. The van der Waals surface area contributed by atoms with Crippen LogP contribution in [0, 0.1) is 5.92 Å². The molecule has 4 nitrogen and oxygen atoms in total. The Morgan fingerprint density at radius 3 is 2.07 bits per heavy atom. The SMILES string of the molecule is CC(C)(C)c1ccc([Si](OCC2CC(OS(C)(=O)=O)C2)c2ccccc2)cc1. The van der Waals surface area contributed by atoms with Gasteiger partial charge in [0.1, 0.15) is 0 Å². The van der Waals surface area contributed by atoms with Gasteiger partial charge in [0.05, 0.1) is 12.4 Å². The Balaban J connectivity index is 1.68. The van der Waals surface area contributed by atoms with Crippen molar-refractivity contribution in [1.29, 1.82) is 0 Å². The van der Waals surface area contributed by atoms with Crippen molar-refractivity contribution in [2.75, 3.05) is 12.9 Å². The number of hydrogen-bond donors (Lipinski definition) is 0. The fraction of sp³-hybridized carbons (Fsp3) is 0.455. The first-order chi connectivity index (χ1) is 13.1. The average Bonchev–Trinajstić information content (AvgIpc) is 2.59. The van der Waals surface area contributed by atoms with E-state index in [4.69, 9.17) is 8.61 Å². The fourth-order valence-corrected chi connectivity index (χ4v) is 6.07. The van der Waals surface area contributed by atoms with E-state index in [2.05, 4.69) is 57.2 Å². The Hall–Kier alpha value is -1.47. The molecule has 1 saturated carbocycles. The Kier molecular flexibility index (Phi) is 6.44. The molecule has 1 fully saturated rings. The van der Waals surface area contributed by atoms with Gasteiger partial charge in [-0.1, -0.05) is 75.4 Å². The lowest BCUT2D eigenvalue weighted by Crippen LogP contribution is -2.47. The maximum Gasteiger partial charge on any atom is 0.282 e. The zero-order chi connectivity index (χ0) is 20.4. The molecule has 0 N–H and O–H groups in total. The van der Waals surface area contributed by atoms with Gasteiger partial charge in [0.25, 0.3) is 19.2 Å². The summed E-state index contributed by atoms with van der Waals surface area (Å²) in [5.74, 6) is 0.351. The molecule has 0 unspecified atom stereocenters. The smallest absolute Gasteiger partial charge is 0.282 e. The van der Waals surface area contributed by atoms with Crippen molar-refractivity contribution in [2.45, 2.75) is 45.1 Å². The van der Waals surface area contributed by atoms with Gasteiger partial charge in [-0.2, -0.15) is 8.42 Å². The summed E-state index contributed by atoms with van der Waals surface area (Å²) < 4.78 is 33.9. The molecule has 1 aliphatic rings. The highest BCUT2D eigenvalue weighted by atomic mass is 32.2. The van der Waals surface area contributed by atoms with Crippen LogP contribution in [0.3, 0.4) is 0 Å². The predicted octanol–water partition coefficient (Wildman–Crippen LogP) is 2.86. The van der Waals surface area contributed by atoms with Crippen molar-refractivity contribution in [1.82, 2.24) is 0 Å². The Morgan fingerprint density at radius 1 is 0.964 bits per heavy atom. The van der Waals surface area contributed by atoms with E-state index in [1.165, 1.54) is 15.9 Å². The highest BCUT2D eigenvalue weighted by molar-refractivity contribution is 7.86. The molecule has 0 heterocycles. The molecular formula is C22H29O4SSi. The van der Waals surface area contributed by atoms with Gasteiger partial charge in [-0.15, -0.1) is 0 Å². The summed E-state index contributed by atoms with van der Waals surface area (Å²) in [6.07, 6.45) is 2.39. The maximum absolute atomic E-state index is 11.2. The molecule has 1 radical (unpaired) electrons. The third-order valence-corrected chi connectivity index (χ3v) is 7.81. The van der Waals surface area contributed by atoms with Gasteiger partial charge in [-0.05, 0) is 40.1 Å². The van der Waals surface area contributed by atoms with Crippen LogP contribution < -0.4 is 10.4 Å². The molecule has 1 aliphatic carbocycles. The summed E-state index contributed by atoms with van der Waals surface area (Å²) in [4.78, 5) is 0. The lowest BCUT2D eigenvalue weighted by Gasteiger charge is -2.34. The third-order valence-electron chi connectivity index (χ3n) is 5.02. The van der Waals surface area contributed by atoms with Gasteiger partial charge in [0.15, 0.2) is 0 Å². The molecule has 6 heteroatoms. The first-order valence-electron chi connectivity index (χ1n) is 9.66. The van der Waals surface area contributed by atoms with Gasteiger partial charge in [-0.25, -0.2) is 0 Å². The zero-order valence-electron chi connectivity index (χ0n) is 17.0. The van der Waals surface area contributed by atoms with Crippen LogP contribution in [-0.2, 0) is 24.1 Å². The molecule has 2 aromatic rings. The summed E-state index contributed by atoms with van der Waals surface area (Å²) in [5, 5.41) is 2.45. The standard InChI is InChI=1S/C22H29O4SSi/c1-22(2,3)18-10-12-21(13-11-18)28(20-8-6-5-7-9-20)25-16-17-14-19(15-17)26-27(4,23)24/h5-13,17,19H,14-16H2,1-4H3. The van der Waals surface area contributed by atoms with E-state index in [0.717, 1.165) is 19.1 Å². The van der Waals surface area contributed by atoms with E-state index < -0.39 is 19.2 Å². The van der Waals surface area contributed by atoms with Crippen LogP contribution in [-0.4, -0.2) is 36.4 Å². The molecule has 0 spiro atoms. The number of benzene rings is 2. The van der Waals surface area contributed by atoms with E-state index in [1.54, 1.807) is 0 Å². The van der Waals surface area contributed by atoms with E-state index in [0.29, 0.717) is 12.5 Å². The predicted molar refractivity (Wildman–Crippen MR) is 115 cm³/mol. The van der Waals surface area contributed by atoms with Crippen molar-refractivity contribution in [3.63, 3.8) is 0 Å². The van der Waals surface area contributed by atoms with Crippen molar-refractivity contribution in [3.05, 3.63) is 60.2 Å². The Labute approximate surface area is 170 Å².